The van der Waals surface area contributed by atoms with E-state index >= 15 is 0 Å². The molecule has 1 aliphatic heterocycles. The fourth-order valence-corrected chi connectivity index (χ4v) is 7.68. The summed E-state index contributed by atoms with van der Waals surface area (Å²) < 4.78 is 5.44. The molecule has 9 rings (SSSR count). The zero-order valence-electron chi connectivity index (χ0n) is 25.9. The van der Waals surface area contributed by atoms with Crippen molar-refractivity contribution >= 4 is 41.1 Å². The molecule has 1 saturated heterocycles. The molecule has 2 bridgehead atoms. The van der Waals surface area contributed by atoms with Gasteiger partial charge >= 0.3 is 5.97 Å². The zero-order chi connectivity index (χ0) is 33.8. The highest BCUT2D eigenvalue weighted by Gasteiger charge is 2.63. The first-order valence-corrected chi connectivity index (χ1v) is 16.2. The van der Waals surface area contributed by atoms with Crippen molar-refractivity contribution in [3.05, 3.63) is 171 Å². The van der Waals surface area contributed by atoms with E-state index in [0.29, 0.717) is 10.6 Å². The van der Waals surface area contributed by atoms with Gasteiger partial charge in [0.1, 0.15) is 12.3 Å². The molecule has 0 N–H and O–H groups in total. The lowest BCUT2D eigenvalue weighted by Crippen LogP contribution is -2.52. The number of carbonyl (C=O) groups is 5. The minimum Gasteiger partial charge on any atom is -0.423 e. The quantitative estimate of drug-likeness (QED) is 0.0830. The van der Waals surface area contributed by atoms with Crippen LogP contribution in [0.4, 0.5) is 0 Å². The number of benzene rings is 5. The average molecular weight is 667 g/mol. The van der Waals surface area contributed by atoms with Gasteiger partial charge in [-0.2, -0.15) is 5.01 Å². The number of hydrogen-bond acceptors (Lipinski definition) is 6. The lowest BCUT2D eigenvalue weighted by molar-refractivity contribution is -0.154. The first-order valence-electron chi connectivity index (χ1n) is 15.8. The Bertz CT molecular complexity index is 2050. The summed E-state index contributed by atoms with van der Waals surface area (Å²) in [6.07, 6.45) is 0. The number of hydrogen-bond donors (Lipinski definition) is 0. The third-order valence-corrected chi connectivity index (χ3v) is 9.93. The van der Waals surface area contributed by atoms with Gasteiger partial charge in [-0.05, 0) is 82.9 Å². The van der Waals surface area contributed by atoms with E-state index in [1.807, 2.05) is 48.5 Å². The second-order valence-electron chi connectivity index (χ2n) is 12.3. The van der Waals surface area contributed by atoms with E-state index in [-0.39, 0.29) is 28.7 Å². The number of imide groups is 1. The number of ketones is 1. The summed E-state index contributed by atoms with van der Waals surface area (Å²) in [5, 5.41) is 2.27. The first kappa shape index (κ1) is 30.5. The van der Waals surface area contributed by atoms with Crippen LogP contribution in [0, 0.1) is 11.8 Å². The summed E-state index contributed by atoms with van der Waals surface area (Å²) in [7, 11) is 0. The van der Waals surface area contributed by atoms with E-state index in [9.17, 15) is 24.0 Å². The Hall–Kier alpha value is -5.86. The van der Waals surface area contributed by atoms with Crippen LogP contribution in [0.2, 0.25) is 5.02 Å². The molecule has 4 aliphatic rings. The van der Waals surface area contributed by atoms with Crippen molar-refractivity contribution in [3.8, 4) is 5.75 Å². The largest absolute Gasteiger partial charge is 0.423 e. The zero-order valence-corrected chi connectivity index (χ0v) is 26.6. The van der Waals surface area contributed by atoms with Gasteiger partial charge in [0.2, 0.25) is 0 Å². The summed E-state index contributed by atoms with van der Waals surface area (Å²) >= 11 is 6.09. The summed E-state index contributed by atoms with van der Waals surface area (Å²) in [4.78, 5) is 69.5. The van der Waals surface area contributed by atoms with Crippen LogP contribution in [0.25, 0.3) is 0 Å². The lowest BCUT2D eigenvalue weighted by atomic mass is 9.55. The molecular formula is C40H27ClN2O6. The van der Waals surface area contributed by atoms with Gasteiger partial charge in [-0.1, -0.05) is 78.3 Å². The molecule has 5 aromatic rings. The minimum atomic E-state index is -0.739. The van der Waals surface area contributed by atoms with Gasteiger partial charge in [0.05, 0.1) is 17.4 Å². The van der Waals surface area contributed by atoms with Crippen LogP contribution < -0.4 is 4.74 Å². The van der Waals surface area contributed by atoms with Gasteiger partial charge in [0.15, 0.2) is 5.78 Å². The number of rotatable bonds is 7. The van der Waals surface area contributed by atoms with Crippen molar-refractivity contribution < 1.29 is 28.7 Å². The second-order valence-corrected chi connectivity index (χ2v) is 12.8. The van der Waals surface area contributed by atoms with Crippen molar-refractivity contribution in [2.24, 2.45) is 11.8 Å². The van der Waals surface area contributed by atoms with Crippen LogP contribution >= 0.6 is 11.6 Å². The van der Waals surface area contributed by atoms with Crippen LogP contribution in [0.15, 0.2) is 127 Å². The number of Topliss-reactive ketones (excluding diaryl/α,β-unsaturated/α-hetero) is 1. The van der Waals surface area contributed by atoms with E-state index in [1.54, 1.807) is 30.3 Å². The highest BCUT2D eigenvalue weighted by Crippen LogP contribution is 2.61. The third-order valence-electron chi connectivity index (χ3n) is 9.68. The fourth-order valence-electron chi connectivity index (χ4n) is 7.55. The molecule has 1 fully saturated rings. The third kappa shape index (κ3) is 5.03. The van der Waals surface area contributed by atoms with Crippen LogP contribution in [-0.4, -0.2) is 46.0 Å². The Morgan fingerprint density at radius 1 is 0.592 bits per heavy atom. The molecule has 1 heterocycles. The van der Waals surface area contributed by atoms with Crippen LogP contribution in [0.5, 0.6) is 5.75 Å². The number of carbonyl (C=O) groups excluding carboxylic acids is 5. The monoisotopic (exact) mass is 666 g/mol. The SMILES string of the molecule is O=C(CN(C(=O)c1ccc(Cl)cc1)N1C(=O)[C@H]2C3c4ccccc4C(c4ccccc43)[C@@H]2C1=O)c1ccc(OC(=O)c2ccccc2)cc1. The molecule has 0 saturated carbocycles. The summed E-state index contributed by atoms with van der Waals surface area (Å²) in [6, 6.07) is 36.2. The van der Waals surface area contributed by atoms with Gasteiger partial charge in [-0.25, -0.2) is 9.80 Å². The molecule has 0 aromatic heterocycles. The standard InChI is InChI=1S/C40H27ClN2O6/c41-26-18-14-24(15-19-26)37(45)42(22-32(44)23-16-20-27(21-17-23)49-40(48)25-8-2-1-3-9-25)43-38(46)35-33-28-10-4-5-11-29(28)34(36(35)39(43)47)31-13-7-6-12-30(31)33/h1-21,33-36H,22H2/t33?,34?,35-,36-/m0/s1. The molecule has 9 heteroatoms. The molecule has 240 valence electrons. The number of esters is 1. The lowest BCUT2D eigenvalue weighted by Gasteiger charge is -2.45. The Balaban J connectivity index is 1.12. The molecule has 5 aromatic carbocycles. The Labute approximate surface area is 286 Å². The van der Waals surface area contributed by atoms with Gasteiger partial charge < -0.3 is 4.74 Å². The molecule has 8 nitrogen and oxygen atoms in total. The van der Waals surface area contributed by atoms with E-state index in [4.69, 9.17) is 16.3 Å². The molecule has 3 amide bonds. The molecule has 3 aliphatic carbocycles. The molecule has 0 radical (unpaired) electrons. The topological polar surface area (TPSA) is 101 Å². The van der Waals surface area contributed by atoms with Crippen LogP contribution in [0.3, 0.4) is 0 Å². The van der Waals surface area contributed by atoms with E-state index in [2.05, 4.69) is 0 Å². The highest BCUT2D eigenvalue weighted by atomic mass is 35.5. The fraction of sp³-hybridized carbons (Fsp3) is 0.125. The predicted molar refractivity (Wildman–Crippen MR) is 180 cm³/mol. The predicted octanol–water partition coefficient (Wildman–Crippen LogP) is 6.69. The van der Waals surface area contributed by atoms with Crippen molar-refractivity contribution in [2.45, 2.75) is 11.8 Å². The van der Waals surface area contributed by atoms with E-state index in [0.717, 1.165) is 32.3 Å². The summed E-state index contributed by atoms with van der Waals surface area (Å²) in [5.74, 6) is -4.81. The van der Waals surface area contributed by atoms with Crippen LogP contribution in [-0.2, 0) is 9.59 Å². The average Bonchev–Trinajstić information content (AvgIpc) is 3.40. The molecule has 0 spiro atoms. The summed E-state index contributed by atoms with van der Waals surface area (Å²) in [5.41, 5.74) is 4.71. The number of hydrazine groups is 1. The Kier molecular flexibility index (Phi) is 7.45. The maximum atomic E-state index is 14.5. The van der Waals surface area contributed by atoms with Gasteiger partial charge in [0.25, 0.3) is 17.7 Å². The molecule has 0 unspecified atom stereocenters. The maximum Gasteiger partial charge on any atom is 0.343 e. The van der Waals surface area contributed by atoms with Crippen molar-refractivity contribution in [2.75, 3.05) is 6.54 Å². The maximum absolute atomic E-state index is 14.5. The summed E-state index contributed by atoms with van der Waals surface area (Å²) in [6.45, 7) is -0.587. The molecule has 2 atom stereocenters. The Morgan fingerprint density at radius 2 is 1.06 bits per heavy atom. The minimum absolute atomic E-state index is 0.158. The second kappa shape index (κ2) is 12.0. The van der Waals surface area contributed by atoms with Gasteiger partial charge in [-0.3, -0.25) is 19.2 Å². The normalized spacial score (nSPS) is 19.9. The number of amides is 3. The van der Waals surface area contributed by atoms with Crippen molar-refractivity contribution in [3.63, 3.8) is 0 Å². The number of nitrogens with zero attached hydrogens (tertiary/aromatic N) is 2. The smallest absolute Gasteiger partial charge is 0.343 e. The first-order chi connectivity index (χ1) is 23.8. The van der Waals surface area contributed by atoms with Gasteiger partial charge in [0, 0.05) is 28.0 Å². The Morgan fingerprint density at radius 3 is 1.57 bits per heavy atom. The molecule has 49 heavy (non-hydrogen) atoms. The van der Waals surface area contributed by atoms with Crippen LogP contribution in [0.1, 0.15) is 65.2 Å². The van der Waals surface area contributed by atoms with E-state index in [1.165, 1.54) is 48.5 Å². The molecular weight excluding hydrogens is 640 g/mol. The highest BCUT2D eigenvalue weighted by molar-refractivity contribution is 6.30. The van der Waals surface area contributed by atoms with Crippen molar-refractivity contribution in [1.82, 2.24) is 10.0 Å². The van der Waals surface area contributed by atoms with Gasteiger partial charge in [-0.15, -0.1) is 0 Å². The van der Waals surface area contributed by atoms with E-state index < -0.39 is 47.9 Å². The van der Waals surface area contributed by atoms with Crippen molar-refractivity contribution in [1.29, 1.82) is 0 Å². The number of halogens is 1. The number of ether oxygens (including phenoxy) is 1.